The quantitative estimate of drug-likeness (QED) is 0.801. The Balaban J connectivity index is 2.45. The first-order valence-electron chi connectivity index (χ1n) is 4.77. The summed E-state index contributed by atoms with van der Waals surface area (Å²) in [6.45, 7) is 0. The van der Waals surface area contributed by atoms with Gasteiger partial charge in [-0.3, -0.25) is 4.68 Å². The van der Waals surface area contributed by atoms with Crippen molar-refractivity contribution >= 4 is 33.1 Å². The first-order chi connectivity index (χ1) is 7.22. The van der Waals surface area contributed by atoms with Gasteiger partial charge in [-0.1, -0.05) is 6.07 Å². The van der Waals surface area contributed by atoms with Gasteiger partial charge in [-0.25, -0.2) is 0 Å². The molecule has 0 fully saturated rings. The minimum atomic E-state index is 0.573. The van der Waals surface area contributed by atoms with Gasteiger partial charge in [0.2, 0.25) is 0 Å². The van der Waals surface area contributed by atoms with Gasteiger partial charge in [0.15, 0.2) is 0 Å². The van der Waals surface area contributed by atoms with Crippen LogP contribution < -0.4 is 0 Å². The van der Waals surface area contributed by atoms with Crippen molar-refractivity contribution in [3.8, 4) is 0 Å². The average molecular weight is 267 g/mol. The number of halogens is 1. The van der Waals surface area contributed by atoms with Crippen molar-refractivity contribution in [3.63, 3.8) is 0 Å². The van der Waals surface area contributed by atoms with Crippen molar-refractivity contribution in [1.29, 1.82) is 0 Å². The molecule has 0 aliphatic rings. The fourth-order valence-corrected chi connectivity index (χ4v) is 2.21. The lowest BCUT2D eigenvalue weighted by atomic mass is 10.1. The van der Waals surface area contributed by atoms with Crippen molar-refractivity contribution in [3.05, 3.63) is 28.4 Å². The van der Waals surface area contributed by atoms with Crippen LogP contribution in [0.5, 0.6) is 0 Å². The van der Waals surface area contributed by atoms with Crippen LogP contribution in [-0.4, -0.2) is 16.1 Å². The maximum atomic E-state index is 10.3. The number of hydrogen-bond donors (Lipinski definition) is 0. The van der Waals surface area contributed by atoms with E-state index >= 15 is 0 Å². The maximum Gasteiger partial charge on any atom is 0.135 e. The Morgan fingerprint density at radius 2 is 2.33 bits per heavy atom. The summed E-state index contributed by atoms with van der Waals surface area (Å²) in [5.74, 6) is 0. The lowest BCUT2D eigenvalue weighted by Gasteiger charge is -1.98. The number of benzene rings is 1. The van der Waals surface area contributed by atoms with Crippen LogP contribution in [0.3, 0.4) is 0 Å². The van der Waals surface area contributed by atoms with Gasteiger partial charge >= 0.3 is 0 Å². The monoisotopic (exact) mass is 266 g/mol. The van der Waals surface area contributed by atoms with E-state index < -0.39 is 0 Å². The predicted octanol–water partition coefficient (Wildman–Crippen LogP) is 2.47. The molecule has 0 saturated heterocycles. The highest BCUT2D eigenvalue weighted by Gasteiger charge is 2.06. The van der Waals surface area contributed by atoms with Crippen molar-refractivity contribution in [2.75, 3.05) is 0 Å². The smallest absolute Gasteiger partial charge is 0.135 e. The van der Waals surface area contributed by atoms with E-state index in [1.54, 1.807) is 0 Å². The van der Waals surface area contributed by atoms with E-state index in [0.29, 0.717) is 6.42 Å². The van der Waals surface area contributed by atoms with Gasteiger partial charge in [0.25, 0.3) is 0 Å². The second kappa shape index (κ2) is 4.14. The summed E-state index contributed by atoms with van der Waals surface area (Å²) in [6.07, 6.45) is 2.31. The molecule has 1 heterocycles. The number of hydrogen-bond acceptors (Lipinski definition) is 2. The Kier molecular flexibility index (Phi) is 2.86. The van der Waals surface area contributed by atoms with Gasteiger partial charge in [0.1, 0.15) is 10.9 Å². The van der Waals surface area contributed by atoms with Crippen LogP contribution in [0.25, 0.3) is 10.9 Å². The molecule has 0 radical (unpaired) electrons. The van der Waals surface area contributed by atoms with E-state index in [9.17, 15) is 4.79 Å². The summed E-state index contributed by atoms with van der Waals surface area (Å²) in [6, 6.07) is 6.16. The highest BCUT2D eigenvalue weighted by atomic mass is 79.9. The molecule has 0 aliphatic carbocycles. The molecule has 2 rings (SSSR count). The fourth-order valence-electron chi connectivity index (χ4n) is 1.65. The molecule has 3 nitrogen and oxygen atoms in total. The number of carbonyl (C=O) groups is 1. The standard InChI is InChI=1S/C11H11BrN2O/c1-14-10-5-4-8(3-2-6-15)7-9(10)11(12)13-14/h4-7H,2-3H2,1H3. The summed E-state index contributed by atoms with van der Waals surface area (Å²) in [4.78, 5) is 10.3. The molecule has 0 bridgehead atoms. The van der Waals surface area contributed by atoms with E-state index in [1.165, 1.54) is 5.56 Å². The Morgan fingerprint density at radius 1 is 1.53 bits per heavy atom. The topological polar surface area (TPSA) is 34.9 Å². The number of fused-ring (bicyclic) bond motifs is 1. The molecule has 4 heteroatoms. The first kappa shape index (κ1) is 10.4. The minimum Gasteiger partial charge on any atom is -0.303 e. The van der Waals surface area contributed by atoms with E-state index in [-0.39, 0.29) is 0 Å². The highest BCUT2D eigenvalue weighted by molar-refractivity contribution is 9.10. The number of rotatable bonds is 3. The van der Waals surface area contributed by atoms with Crippen LogP contribution in [0.1, 0.15) is 12.0 Å². The molecule has 1 aromatic carbocycles. The molecule has 1 aromatic heterocycles. The van der Waals surface area contributed by atoms with Crippen LogP contribution >= 0.6 is 15.9 Å². The largest absolute Gasteiger partial charge is 0.303 e. The Morgan fingerprint density at radius 3 is 3.07 bits per heavy atom. The molecule has 0 amide bonds. The molecule has 0 spiro atoms. The van der Waals surface area contributed by atoms with E-state index in [4.69, 9.17) is 0 Å². The second-order valence-corrected chi connectivity index (χ2v) is 4.22. The molecule has 0 aliphatic heterocycles. The number of aldehydes is 1. The summed E-state index contributed by atoms with van der Waals surface area (Å²) in [7, 11) is 1.91. The molecule has 0 saturated carbocycles. The van der Waals surface area contributed by atoms with Gasteiger partial charge in [-0.05, 0) is 40.0 Å². The summed E-state index contributed by atoms with van der Waals surface area (Å²) in [5.41, 5.74) is 2.26. The summed E-state index contributed by atoms with van der Waals surface area (Å²) < 4.78 is 2.69. The Bertz CT molecular complexity index is 505. The van der Waals surface area contributed by atoms with Crippen LogP contribution in [-0.2, 0) is 18.3 Å². The van der Waals surface area contributed by atoms with E-state index in [2.05, 4.69) is 27.1 Å². The van der Waals surface area contributed by atoms with E-state index in [1.807, 2.05) is 23.9 Å². The van der Waals surface area contributed by atoms with Crippen LogP contribution in [0.2, 0.25) is 0 Å². The Hall–Kier alpha value is -1.16. The van der Waals surface area contributed by atoms with Crippen molar-refractivity contribution in [2.24, 2.45) is 7.05 Å². The number of nitrogens with zero attached hydrogens (tertiary/aromatic N) is 2. The third kappa shape index (κ3) is 1.95. The van der Waals surface area contributed by atoms with Gasteiger partial charge < -0.3 is 4.79 Å². The zero-order valence-electron chi connectivity index (χ0n) is 8.40. The van der Waals surface area contributed by atoms with Crippen LogP contribution in [0.15, 0.2) is 22.8 Å². The zero-order valence-corrected chi connectivity index (χ0v) is 9.99. The number of aromatic nitrogens is 2. The summed E-state index contributed by atoms with van der Waals surface area (Å²) >= 11 is 3.42. The molecule has 0 unspecified atom stereocenters. The highest BCUT2D eigenvalue weighted by Crippen LogP contribution is 2.24. The first-order valence-corrected chi connectivity index (χ1v) is 5.56. The molecular formula is C11H11BrN2O. The average Bonchev–Trinajstić information content (AvgIpc) is 2.52. The molecule has 0 atom stereocenters. The van der Waals surface area contributed by atoms with Crippen molar-refractivity contribution in [2.45, 2.75) is 12.8 Å². The summed E-state index contributed by atoms with van der Waals surface area (Å²) in [5, 5.41) is 5.37. The van der Waals surface area contributed by atoms with E-state index in [0.717, 1.165) is 28.2 Å². The van der Waals surface area contributed by atoms with Gasteiger partial charge in [0.05, 0.1) is 5.52 Å². The van der Waals surface area contributed by atoms with Crippen LogP contribution in [0.4, 0.5) is 0 Å². The maximum absolute atomic E-state index is 10.3. The number of carbonyl (C=O) groups excluding carboxylic acids is 1. The molecule has 78 valence electrons. The fraction of sp³-hybridized carbons (Fsp3) is 0.273. The van der Waals surface area contributed by atoms with Gasteiger partial charge in [-0.2, -0.15) is 5.10 Å². The number of aryl methyl sites for hydroxylation is 2. The zero-order chi connectivity index (χ0) is 10.8. The van der Waals surface area contributed by atoms with Crippen LogP contribution in [0, 0.1) is 0 Å². The Labute approximate surface area is 96.2 Å². The lowest BCUT2D eigenvalue weighted by molar-refractivity contribution is -0.107. The van der Waals surface area contributed by atoms with Crippen molar-refractivity contribution < 1.29 is 4.79 Å². The second-order valence-electron chi connectivity index (χ2n) is 3.47. The van der Waals surface area contributed by atoms with Gasteiger partial charge in [0, 0.05) is 18.9 Å². The lowest BCUT2D eigenvalue weighted by Crippen LogP contribution is -1.89. The molecular weight excluding hydrogens is 256 g/mol. The van der Waals surface area contributed by atoms with Crippen molar-refractivity contribution in [1.82, 2.24) is 9.78 Å². The third-order valence-corrected chi connectivity index (χ3v) is 3.01. The molecule has 15 heavy (non-hydrogen) atoms. The predicted molar refractivity (Wildman–Crippen MR) is 62.8 cm³/mol. The normalized spacial score (nSPS) is 10.8. The SMILES string of the molecule is Cn1nc(Br)c2cc(CCC=O)ccc21. The minimum absolute atomic E-state index is 0.573. The molecule has 2 aromatic rings. The third-order valence-electron chi connectivity index (χ3n) is 2.42. The molecule has 0 N–H and O–H groups in total. The van der Waals surface area contributed by atoms with Gasteiger partial charge in [-0.15, -0.1) is 0 Å².